The van der Waals surface area contributed by atoms with Crippen molar-refractivity contribution in [3.8, 4) is 0 Å². The van der Waals surface area contributed by atoms with Crippen LogP contribution in [0.15, 0.2) is 12.4 Å². The van der Waals surface area contributed by atoms with Crippen LogP contribution in [0.5, 0.6) is 0 Å². The lowest BCUT2D eigenvalue weighted by atomic mass is 9.77. The van der Waals surface area contributed by atoms with Crippen LogP contribution in [0.2, 0.25) is 0 Å². The summed E-state index contributed by atoms with van der Waals surface area (Å²) in [4.78, 5) is 25.5. The van der Waals surface area contributed by atoms with Crippen LogP contribution in [0, 0.1) is 5.41 Å². The zero-order valence-corrected chi connectivity index (χ0v) is 14.6. The average Bonchev–Trinajstić information content (AvgIpc) is 3.01. The number of piperidine rings is 1. The fourth-order valence-electron chi connectivity index (χ4n) is 4.49. The number of carbonyl (C=O) groups is 1. The second kappa shape index (κ2) is 6.88. The molecule has 1 spiro atoms. The molecule has 0 unspecified atom stereocenters. The van der Waals surface area contributed by atoms with E-state index in [1.54, 1.807) is 17.3 Å². The molecule has 3 heterocycles. The molecule has 1 amide bonds. The molecule has 0 radical (unpaired) electrons. The summed E-state index contributed by atoms with van der Waals surface area (Å²) in [6, 6.07) is 0. The Morgan fingerprint density at radius 1 is 1.20 bits per heavy atom. The summed E-state index contributed by atoms with van der Waals surface area (Å²) in [5.74, 6) is 0.669. The largest absolute Gasteiger partial charge is 0.392 e. The number of amides is 1. The van der Waals surface area contributed by atoms with Crippen molar-refractivity contribution in [2.24, 2.45) is 5.41 Å². The van der Waals surface area contributed by atoms with Gasteiger partial charge in [0.05, 0.1) is 31.7 Å². The number of hydrogen-bond acceptors (Lipinski definition) is 6. The molecule has 0 bridgehead atoms. The summed E-state index contributed by atoms with van der Waals surface area (Å²) in [6.45, 7) is 4.06. The summed E-state index contributed by atoms with van der Waals surface area (Å²) >= 11 is 0. The Balaban J connectivity index is 1.52. The standard InChI is InChI=1S/C18H26N4O3/c23-15-3-1-4-18(15)5-2-6-22(13-18)16-12-19-11-14(20-16)17(24)21-7-9-25-10-8-21/h11-12,15,23H,1-10,13H2/t15-,18+/m1/s1. The number of aliphatic hydroxyl groups excluding tert-OH is 1. The predicted molar refractivity (Wildman–Crippen MR) is 92.5 cm³/mol. The minimum absolute atomic E-state index is 0.00977. The molecule has 2 atom stereocenters. The van der Waals surface area contributed by atoms with Crippen molar-refractivity contribution in [2.75, 3.05) is 44.3 Å². The van der Waals surface area contributed by atoms with E-state index in [4.69, 9.17) is 4.74 Å². The van der Waals surface area contributed by atoms with Gasteiger partial charge in [-0.2, -0.15) is 0 Å². The van der Waals surface area contributed by atoms with E-state index in [0.29, 0.717) is 32.0 Å². The highest BCUT2D eigenvalue weighted by Crippen LogP contribution is 2.45. The molecule has 1 aromatic heterocycles. The highest BCUT2D eigenvalue weighted by atomic mass is 16.5. The molecule has 7 heteroatoms. The maximum atomic E-state index is 12.6. The van der Waals surface area contributed by atoms with E-state index in [2.05, 4.69) is 14.9 Å². The van der Waals surface area contributed by atoms with Gasteiger partial charge in [-0.25, -0.2) is 4.98 Å². The number of aliphatic hydroxyl groups is 1. The highest BCUT2D eigenvalue weighted by Gasteiger charge is 2.45. The lowest BCUT2D eigenvalue weighted by molar-refractivity contribution is 0.0298. The lowest BCUT2D eigenvalue weighted by Crippen LogP contribution is -2.47. The SMILES string of the molecule is O=C(c1cncc(N2CCC[C@@]3(CCC[C@H]3O)C2)n1)N1CCOCC1. The first-order valence-corrected chi connectivity index (χ1v) is 9.30. The van der Waals surface area contributed by atoms with Gasteiger partial charge in [-0.1, -0.05) is 6.42 Å². The number of morpholine rings is 1. The molecule has 136 valence electrons. The monoisotopic (exact) mass is 346 g/mol. The molecular weight excluding hydrogens is 320 g/mol. The van der Waals surface area contributed by atoms with E-state index in [0.717, 1.165) is 51.0 Å². The molecule has 25 heavy (non-hydrogen) atoms. The molecule has 1 N–H and O–H groups in total. The molecule has 7 nitrogen and oxygen atoms in total. The molecule has 3 fully saturated rings. The predicted octanol–water partition coefficient (Wildman–Crippen LogP) is 1.08. The van der Waals surface area contributed by atoms with Gasteiger partial charge in [0.1, 0.15) is 11.5 Å². The van der Waals surface area contributed by atoms with Gasteiger partial charge in [0.2, 0.25) is 0 Å². The van der Waals surface area contributed by atoms with Crippen molar-refractivity contribution in [3.63, 3.8) is 0 Å². The number of rotatable bonds is 2. The number of hydrogen-bond donors (Lipinski definition) is 1. The second-order valence-electron chi connectivity index (χ2n) is 7.46. The van der Waals surface area contributed by atoms with Crippen LogP contribution in [0.4, 0.5) is 5.82 Å². The Labute approximate surface area is 148 Å². The second-order valence-corrected chi connectivity index (χ2v) is 7.46. The van der Waals surface area contributed by atoms with Gasteiger partial charge in [-0.15, -0.1) is 0 Å². The summed E-state index contributed by atoms with van der Waals surface area (Å²) in [5.41, 5.74) is 0.385. The number of carbonyl (C=O) groups excluding carboxylic acids is 1. The third-order valence-corrected chi connectivity index (χ3v) is 5.93. The van der Waals surface area contributed by atoms with E-state index in [-0.39, 0.29) is 17.4 Å². The zero-order valence-electron chi connectivity index (χ0n) is 14.6. The van der Waals surface area contributed by atoms with Gasteiger partial charge < -0.3 is 19.6 Å². The van der Waals surface area contributed by atoms with Gasteiger partial charge in [0.25, 0.3) is 5.91 Å². The summed E-state index contributed by atoms with van der Waals surface area (Å²) in [7, 11) is 0. The van der Waals surface area contributed by atoms with Crippen LogP contribution in [-0.2, 0) is 4.74 Å². The van der Waals surface area contributed by atoms with Crippen molar-refractivity contribution in [1.29, 1.82) is 0 Å². The van der Waals surface area contributed by atoms with E-state index in [1.807, 2.05) is 0 Å². The van der Waals surface area contributed by atoms with E-state index in [1.165, 1.54) is 0 Å². The van der Waals surface area contributed by atoms with E-state index in [9.17, 15) is 9.90 Å². The third-order valence-electron chi connectivity index (χ3n) is 5.93. The summed E-state index contributed by atoms with van der Waals surface area (Å²) < 4.78 is 5.31. The topological polar surface area (TPSA) is 78.8 Å². The minimum atomic E-state index is -0.221. The molecule has 1 aliphatic carbocycles. The van der Waals surface area contributed by atoms with Crippen LogP contribution < -0.4 is 4.90 Å². The van der Waals surface area contributed by atoms with Crippen LogP contribution in [0.25, 0.3) is 0 Å². The molecule has 4 rings (SSSR count). The molecule has 2 aliphatic heterocycles. The number of anilines is 1. The molecule has 0 aromatic carbocycles. The Bertz CT molecular complexity index is 635. The third kappa shape index (κ3) is 3.22. The van der Waals surface area contributed by atoms with Crippen LogP contribution in [-0.4, -0.2) is 71.4 Å². The first-order valence-electron chi connectivity index (χ1n) is 9.30. The van der Waals surface area contributed by atoms with E-state index < -0.39 is 0 Å². The fraction of sp³-hybridized carbons (Fsp3) is 0.722. The van der Waals surface area contributed by atoms with Gasteiger partial charge in [0, 0.05) is 31.6 Å². The number of nitrogens with zero attached hydrogens (tertiary/aromatic N) is 4. The van der Waals surface area contributed by atoms with Gasteiger partial charge in [-0.3, -0.25) is 9.78 Å². The Morgan fingerprint density at radius 3 is 2.76 bits per heavy atom. The van der Waals surface area contributed by atoms with Crippen molar-refractivity contribution in [3.05, 3.63) is 18.1 Å². The molecular formula is C18H26N4O3. The average molecular weight is 346 g/mol. The molecule has 1 aromatic rings. The highest BCUT2D eigenvalue weighted by molar-refractivity contribution is 5.92. The number of aromatic nitrogens is 2. The normalized spacial score (nSPS) is 30.0. The van der Waals surface area contributed by atoms with Crippen molar-refractivity contribution >= 4 is 11.7 Å². The smallest absolute Gasteiger partial charge is 0.274 e. The van der Waals surface area contributed by atoms with Crippen LogP contribution >= 0.6 is 0 Å². The zero-order chi connectivity index (χ0) is 17.3. The van der Waals surface area contributed by atoms with Crippen molar-refractivity contribution in [1.82, 2.24) is 14.9 Å². The molecule has 2 saturated heterocycles. The van der Waals surface area contributed by atoms with Crippen LogP contribution in [0.1, 0.15) is 42.6 Å². The maximum absolute atomic E-state index is 12.6. The van der Waals surface area contributed by atoms with Gasteiger partial charge >= 0.3 is 0 Å². The Morgan fingerprint density at radius 2 is 2.00 bits per heavy atom. The Hall–Kier alpha value is -1.73. The van der Waals surface area contributed by atoms with Gasteiger partial charge in [0.15, 0.2) is 0 Å². The van der Waals surface area contributed by atoms with Crippen molar-refractivity contribution < 1.29 is 14.6 Å². The quantitative estimate of drug-likeness (QED) is 0.863. The summed E-state index contributed by atoms with van der Waals surface area (Å²) in [5, 5.41) is 10.4. The molecule has 3 aliphatic rings. The number of ether oxygens (including phenoxy) is 1. The van der Waals surface area contributed by atoms with Crippen molar-refractivity contribution in [2.45, 2.75) is 38.2 Å². The first-order chi connectivity index (χ1) is 12.2. The van der Waals surface area contributed by atoms with Gasteiger partial charge in [-0.05, 0) is 25.7 Å². The van der Waals surface area contributed by atoms with Crippen LogP contribution in [0.3, 0.4) is 0 Å². The Kier molecular flexibility index (Phi) is 4.60. The van der Waals surface area contributed by atoms with E-state index >= 15 is 0 Å². The maximum Gasteiger partial charge on any atom is 0.274 e. The molecule has 1 saturated carbocycles. The first kappa shape index (κ1) is 16.7. The minimum Gasteiger partial charge on any atom is -0.392 e. The fourth-order valence-corrected chi connectivity index (χ4v) is 4.49. The lowest BCUT2D eigenvalue weighted by Gasteiger charge is -2.43. The summed E-state index contributed by atoms with van der Waals surface area (Å²) in [6.07, 6.45) is 8.24.